The molecule has 10 heteroatoms. The van der Waals surface area contributed by atoms with Gasteiger partial charge in [-0.2, -0.15) is 0 Å². The smallest absolute Gasteiger partial charge is 0.316 e. The predicted molar refractivity (Wildman–Crippen MR) is 115 cm³/mol. The minimum atomic E-state index is -0.765. The molecule has 0 unspecified atom stereocenters. The number of aromatic nitrogens is 2. The van der Waals surface area contributed by atoms with Crippen LogP contribution < -0.4 is 22.0 Å². The summed E-state index contributed by atoms with van der Waals surface area (Å²) >= 11 is 0. The van der Waals surface area contributed by atoms with Crippen LogP contribution in [-0.4, -0.2) is 39.4 Å². The van der Waals surface area contributed by atoms with Gasteiger partial charge in [0.15, 0.2) is 5.76 Å². The van der Waals surface area contributed by atoms with Crippen molar-refractivity contribution in [3.05, 3.63) is 68.1 Å². The zero-order valence-electron chi connectivity index (χ0n) is 17.7. The summed E-state index contributed by atoms with van der Waals surface area (Å²) in [6.07, 6.45) is 0. The van der Waals surface area contributed by atoms with Gasteiger partial charge in [0, 0.05) is 12.1 Å². The molecule has 0 spiro atoms. The molecule has 0 radical (unpaired) electrons. The summed E-state index contributed by atoms with van der Waals surface area (Å²) in [7, 11) is 0. The Labute approximate surface area is 177 Å². The molecule has 2 aromatic heterocycles. The molecule has 0 bridgehead atoms. The Balaban J connectivity index is 1.69. The maximum atomic E-state index is 12.4. The molecule has 1 aromatic carbocycles. The molecule has 0 aliphatic carbocycles. The van der Waals surface area contributed by atoms with Gasteiger partial charge < -0.3 is 14.0 Å². The average Bonchev–Trinajstić information content (AvgIpc) is 3.25. The van der Waals surface area contributed by atoms with Gasteiger partial charge in [-0.1, -0.05) is 13.8 Å². The van der Waals surface area contributed by atoms with Crippen molar-refractivity contribution >= 4 is 22.8 Å². The number of hydrogen-bond donors (Lipinski definition) is 3. The molecular weight excluding hydrogens is 402 g/mol. The monoisotopic (exact) mass is 427 g/mol. The van der Waals surface area contributed by atoms with Crippen molar-refractivity contribution in [3.63, 3.8) is 0 Å². The van der Waals surface area contributed by atoms with Crippen LogP contribution in [0.25, 0.3) is 11.0 Å². The first-order valence-corrected chi connectivity index (χ1v) is 10.1. The van der Waals surface area contributed by atoms with Gasteiger partial charge in [0.2, 0.25) is 0 Å². The summed E-state index contributed by atoms with van der Waals surface area (Å²) in [6.45, 7) is 8.46. The van der Waals surface area contributed by atoms with E-state index in [0.29, 0.717) is 29.9 Å². The molecule has 0 atom stereocenters. The fourth-order valence-corrected chi connectivity index (χ4v) is 3.23. The molecular formula is C21H25N5O5. The van der Waals surface area contributed by atoms with Crippen LogP contribution in [0.4, 0.5) is 0 Å². The SMILES string of the molecule is CCN(CC)Cc1ccc(C(=O)NNC(=O)c2ccc3c(c2)[nH]c(=O)c(=O)n3CC)o1. The second-order valence-electron chi connectivity index (χ2n) is 6.87. The number of carbonyl (C=O) groups excluding carboxylic acids is 2. The summed E-state index contributed by atoms with van der Waals surface area (Å²) in [5.41, 5.74) is 4.26. The molecule has 0 aliphatic heterocycles. The van der Waals surface area contributed by atoms with Crippen LogP contribution in [0.1, 0.15) is 47.4 Å². The topological polar surface area (TPSA) is 129 Å². The number of nitrogens with one attached hydrogen (secondary N) is 3. The number of H-pyrrole nitrogens is 1. The fraction of sp³-hybridized carbons (Fsp3) is 0.333. The Kier molecular flexibility index (Phi) is 6.71. The van der Waals surface area contributed by atoms with E-state index < -0.39 is 22.9 Å². The number of rotatable bonds is 7. The van der Waals surface area contributed by atoms with Crippen LogP contribution in [0, 0.1) is 0 Å². The minimum absolute atomic E-state index is 0.0808. The van der Waals surface area contributed by atoms with E-state index in [1.807, 2.05) is 13.8 Å². The normalized spacial score (nSPS) is 11.1. The number of aryl methyl sites for hydroxylation is 1. The summed E-state index contributed by atoms with van der Waals surface area (Å²) in [5, 5.41) is 0. The Morgan fingerprint density at radius 3 is 2.42 bits per heavy atom. The van der Waals surface area contributed by atoms with E-state index in [4.69, 9.17) is 4.42 Å². The molecule has 31 heavy (non-hydrogen) atoms. The van der Waals surface area contributed by atoms with Crippen molar-refractivity contribution in [1.82, 2.24) is 25.3 Å². The van der Waals surface area contributed by atoms with Crippen LogP contribution in [0.3, 0.4) is 0 Å². The molecule has 0 aliphatic rings. The van der Waals surface area contributed by atoms with E-state index in [1.54, 1.807) is 25.1 Å². The first-order valence-electron chi connectivity index (χ1n) is 10.1. The second-order valence-corrected chi connectivity index (χ2v) is 6.87. The molecule has 10 nitrogen and oxygen atoms in total. The van der Waals surface area contributed by atoms with Crippen LogP contribution in [-0.2, 0) is 13.1 Å². The molecule has 0 saturated heterocycles. The van der Waals surface area contributed by atoms with Crippen molar-refractivity contribution < 1.29 is 14.0 Å². The maximum Gasteiger partial charge on any atom is 0.316 e. The highest BCUT2D eigenvalue weighted by Gasteiger charge is 2.15. The lowest BCUT2D eigenvalue weighted by Gasteiger charge is -2.15. The fourth-order valence-electron chi connectivity index (χ4n) is 3.23. The average molecular weight is 427 g/mol. The van der Waals surface area contributed by atoms with Gasteiger partial charge >= 0.3 is 17.0 Å². The summed E-state index contributed by atoms with van der Waals surface area (Å²) in [4.78, 5) is 53.1. The number of aromatic amines is 1. The van der Waals surface area contributed by atoms with Gasteiger partial charge in [0.1, 0.15) is 5.76 Å². The van der Waals surface area contributed by atoms with Crippen molar-refractivity contribution in [2.75, 3.05) is 13.1 Å². The van der Waals surface area contributed by atoms with E-state index in [-0.39, 0.29) is 11.3 Å². The van der Waals surface area contributed by atoms with Gasteiger partial charge in [0.25, 0.3) is 5.91 Å². The van der Waals surface area contributed by atoms with Gasteiger partial charge in [-0.25, -0.2) is 0 Å². The molecule has 3 rings (SSSR count). The molecule has 0 fully saturated rings. The van der Waals surface area contributed by atoms with Gasteiger partial charge in [0.05, 0.1) is 17.6 Å². The lowest BCUT2D eigenvalue weighted by Crippen LogP contribution is -2.41. The van der Waals surface area contributed by atoms with E-state index in [9.17, 15) is 19.2 Å². The number of hydrazine groups is 1. The van der Waals surface area contributed by atoms with Gasteiger partial charge in [-0.3, -0.25) is 34.9 Å². The van der Waals surface area contributed by atoms with Crippen molar-refractivity contribution in [2.24, 2.45) is 0 Å². The molecule has 3 aromatic rings. The Hall–Kier alpha value is -3.66. The molecule has 0 saturated carbocycles. The first kappa shape index (κ1) is 22.0. The standard InChI is InChI=1S/C21H25N5O5/c1-4-25(5-2)12-14-8-10-17(31-14)19(28)24-23-18(27)13-7-9-16-15(11-13)22-20(29)21(30)26(16)6-3/h7-11H,4-6,12H2,1-3H3,(H,22,29)(H,23,27)(H,24,28). The quantitative estimate of drug-likeness (QED) is 0.384. The zero-order valence-corrected chi connectivity index (χ0v) is 17.7. The molecule has 2 amide bonds. The lowest BCUT2D eigenvalue weighted by atomic mass is 10.2. The van der Waals surface area contributed by atoms with Gasteiger partial charge in [-0.15, -0.1) is 0 Å². The van der Waals surface area contributed by atoms with Crippen LogP contribution in [0.15, 0.2) is 44.3 Å². The highest BCUT2D eigenvalue weighted by molar-refractivity contribution is 5.99. The number of carbonyl (C=O) groups is 2. The molecule has 164 valence electrons. The van der Waals surface area contributed by atoms with Crippen LogP contribution in [0.5, 0.6) is 0 Å². The predicted octanol–water partition coefficient (Wildman–Crippen LogP) is 1.22. The second kappa shape index (κ2) is 9.43. The minimum Gasteiger partial charge on any atom is -0.454 e. The Morgan fingerprint density at radius 1 is 1.03 bits per heavy atom. The Morgan fingerprint density at radius 2 is 1.74 bits per heavy atom. The van der Waals surface area contributed by atoms with E-state index in [0.717, 1.165) is 13.1 Å². The van der Waals surface area contributed by atoms with Crippen molar-refractivity contribution in [3.8, 4) is 0 Å². The Bertz CT molecular complexity index is 1220. The zero-order chi connectivity index (χ0) is 22.5. The van der Waals surface area contributed by atoms with E-state index in [1.165, 1.54) is 16.7 Å². The number of amides is 2. The third kappa shape index (κ3) is 4.75. The van der Waals surface area contributed by atoms with Crippen LogP contribution >= 0.6 is 0 Å². The van der Waals surface area contributed by atoms with E-state index in [2.05, 4.69) is 20.7 Å². The summed E-state index contributed by atoms with van der Waals surface area (Å²) < 4.78 is 6.87. The number of benzene rings is 1. The third-order valence-electron chi connectivity index (χ3n) is 5.00. The first-order chi connectivity index (χ1) is 14.9. The van der Waals surface area contributed by atoms with E-state index >= 15 is 0 Å². The number of fused-ring (bicyclic) bond motifs is 1. The highest BCUT2D eigenvalue weighted by Crippen LogP contribution is 2.12. The largest absolute Gasteiger partial charge is 0.454 e. The number of hydrogen-bond acceptors (Lipinski definition) is 6. The highest BCUT2D eigenvalue weighted by atomic mass is 16.4. The number of furan rings is 1. The third-order valence-corrected chi connectivity index (χ3v) is 5.00. The van der Waals surface area contributed by atoms with Crippen molar-refractivity contribution in [2.45, 2.75) is 33.9 Å². The summed E-state index contributed by atoms with van der Waals surface area (Å²) in [6, 6.07) is 7.79. The molecule has 3 N–H and O–H groups in total. The van der Waals surface area contributed by atoms with Crippen molar-refractivity contribution in [1.29, 1.82) is 0 Å². The number of nitrogens with zero attached hydrogens (tertiary/aromatic N) is 2. The summed E-state index contributed by atoms with van der Waals surface area (Å²) in [5.74, 6) is -0.439. The van der Waals surface area contributed by atoms with Gasteiger partial charge in [-0.05, 0) is 50.3 Å². The van der Waals surface area contributed by atoms with Crippen LogP contribution in [0.2, 0.25) is 0 Å². The lowest BCUT2D eigenvalue weighted by molar-refractivity contribution is 0.0829. The maximum absolute atomic E-state index is 12.4. The molecule has 2 heterocycles.